The first-order chi connectivity index (χ1) is 7.27. The van der Waals surface area contributed by atoms with Crippen LogP contribution in [0.5, 0.6) is 0 Å². The van der Waals surface area contributed by atoms with Gasteiger partial charge in [-0.3, -0.25) is 0 Å². The molecule has 0 unspecified atom stereocenters. The standard InChI is InChI=1S/C12H25N3/c1-10(2)12-11(3-4-14-12)9-15-7-5-13-6-8-15/h10-14H,3-9H2,1-2H3/t11-,12-/m1/s1. The van der Waals surface area contributed by atoms with Gasteiger partial charge in [0.25, 0.3) is 0 Å². The number of nitrogens with zero attached hydrogens (tertiary/aromatic N) is 1. The summed E-state index contributed by atoms with van der Waals surface area (Å²) in [6.07, 6.45) is 1.37. The summed E-state index contributed by atoms with van der Waals surface area (Å²) in [4.78, 5) is 2.63. The van der Waals surface area contributed by atoms with E-state index in [1.165, 1.54) is 45.7 Å². The Balaban J connectivity index is 1.81. The summed E-state index contributed by atoms with van der Waals surface area (Å²) >= 11 is 0. The Hall–Kier alpha value is -0.120. The van der Waals surface area contributed by atoms with Crippen molar-refractivity contribution in [2.75, 3.05) is 39.3 Å². The minimum Gasteiger partial charge on any atom is -0.314 e. The fourth-order valence-electron chi connectivity index (χ4n) is 2.99. The van der Waals surface area contributed by atoms with Crippen LogP contribution in [0.3, 0.4) is 0 Å². The summed E-state index contributed by atoms with van der Waals surface area (Å²) in [6.45, 7) is 12.0. The van der Waals surface area contributed by atoms with Gasteiger partial charge in [-0.2, -0.15) is 0 Å². The Labute approximate surface area is 93.6 Å². The van der Waals surface area contributed by atoms with Crippen LogP contribution >= 0.6 is 0 Å². The lowest BCUT2D eigenvalue weighted by atomic mass is 9.91. The van der Waals surface area contributed by atoms with E-state index in [-0.39, 0.29) is 0 Å². The van der Waals surface area contributed by atoms with Crippen molar-refractivity contribution in [3.05, 3.63) is 0 Å². The van der Waals surface area contributed by atoms with Gasteiger partial charge in [0.05, 0.1) is 0 Å². The molecule has 0 spiro atoms. The van der Waals surface area contributed by atoms with Crippen molar-refractivity contribution in [3.8, 4) is 0 Å². The first kappa shape index (κ1) is 11.4. The van der Waals surface area contributed by atoms with E-state index in [2.05, 4.69) is 29.4 Å². The third-order valence-electron chi connectivity index (χ3n) is 3.82. The highest BCUT2D eigenvalue weighted by Crippen LogP contribution is 2.22. The molecule has 2 heterocycles. The average molecular weight is 211 g/mol. The van der Waals surface area contributed by atoms with Crippen LogP contribution in [0.4, 0.5) is 0 Å². The fourth-order valence-corrected chi connectivity index (χ4v) is 2.99. The van der Waals surface area contributed by atoms with Gasteiger partial charge in [-0.05, 0) is 24.8 Å². The molecule has 2 saturated heterocycles. The molecule has 3 nitrogen and oxygen atoms in total. The van der Waals surface area contributed by atoms with Gasteiger partial charge < -0.3 is 15.5 Å². The third kappa shape index (κ3) is 2.92. The lowest BCUT2D eigenvalue weighted by molar-refractivity contribution is 0.186. The second-order valence-electron chi connectivity index (χ2n) is 5.32. The van der Waals surface area contributed by atoms with Gasteiger partial charge in [-0.25, -0.2) is 0 Å². The largest absolute Gasteiger partial charge is 0.314 e. The molecule has 0 radical (unpaired) electrons. The zero-order chi connectivity index (χ0) is 10.7. The Morgan fingerprint density at radius 2 is 1.93 bits per heavy atom. The molecule has 0 aromatic rings. The lowest BCUT2D eigenvalue weighted by Crippen LogP contribution is -2.47. The van der Waals surface area contributed by atoms with E-state index >= 15 is 0 Å². The molecule has 3 heteroatoms. The molecular weight excluding hydrogens is 186 g/mol. The lowest BCUT2D eigenvalue weighted by Gasteiger charge is -2.32. The van der Waals surface area contributed by atoms with Crippen LogP contribution in [0, 0.1) is 11.8 Å². The van der Waals surface area contributed by atoms with Crippen molar-refractivity contribution in [2.45, 2.75) is 26.3 Å². The van der Waals surface area contributed by atoms with Crippen LogP contribution in [0.15, 0.2) is 0 Å². The first-order valence-electron chi connectivity index (χ1n) is 6.44. The minimum absolute atomic E-state index is 0.750. The SMILES string of the molecule is CC(C)[C@H]1NCC[C@@H]1CN1CCNCC1. The highest BCUT2D eigenvalue weighted by atomic mass is 15.2. The highest BCUT2D eigenvalue weighted by Gasteiger charge is 2.30. The molecule has 2 aliphatic rings. The molecule has 2 aliphatic heterocycles. The summed E-state index contributed by atoms with van der Waals surface area (Å²) in [6, 6.07) is 0.750. The van der Waals surface area contributed by atoms with Crippen molar-refractivity contribution in [3.63, 3.8) is 0 Å². The van der Waals surface area contributed by atoms with Gasteiger partial charge in [-0.15, -0.1) is 0 Å². The van der Waals surface area contributed by atoms with E-state index in [1.54, 1.807) is 0 Å². The van der Waals surface area contributed by atoms with E-state index in [0.29, 0.717) is 0 Å². The molecule has 0 aromatic heterocycles. The monoisotopic (exact) mass is 211 g/mol. The predicted molar refractivity (Wildman–Crippen MR) is 64.0 cm³/mol. The Morgan fingerprint density at radius 3 is 2.60 bits per heavy atom. The molecule has 88 valence electrons. The Kier molecular flexibility index (Phi) is 4.00. The zero-order valence-electron chi connectivity index (χ0n) is 10.1. The topological polar surface area (TPSA) is 27.3 Å². The van der Waals surface area contributed by atoms with Crippen molar-refractivity contribution >= 4 is 0 Å². The summed E-state index contributed by atoms with van der Waals surface area (Å²) in [7, 11) is 0. The molecular formula is C12H25N3. The summed E-state index contributed by atoms with van der Waals surface area (Å²) in [5.41, 5.74) is 0. The molecule has 2 fully saturated rings. The predicted octanol–water partition coefficient (Wildman–Crippen LogP) is 0.526. The molecule has 0 bridgehead atoms. The zero-order valence-corrected chi connectivity index (χ0v) is 10.1. The molecule has 2 N–H and O–H groups in total. The van der Waals surface area contributed by atoms with Crippen LogP contribution < -0.4 is 10.6 Å². The second-order valence-corrected chi connectivity index (χ2v) is 5.32. The van der Waals surface area contributed by atoms with Gasteiger partial charge in [0.2, 0.25) is 0 Å². The number of rotatable bonds is 3. The average Bonchev–Trinajstić information content (AvgIpc) is 2.67. The van der Waals surface area contributed by atoms with Crippen molar-refractivity contribution in [1.82, 2.24) is 15.5 Å². The Morgan fingerprint density at radius 1 is 1.20 bits per heavy atom. The molecule has 2 atom stereocenters. The smallest absolute Gasteiger partial charge is 0.0131 e. The van der Waals surface area contributed by atoms with Crippen molar-refractivity contribution < 1.29 is 0 Å². The molecule has 0 aliphatic carbocycles. The summed E-state index contributed by atoms with van der Waals surface area (Å²) in [5, 5.41) is 7.07. The van der Waals surface area contributed by atoms with Crippen LogP contribution in [0.1, 0.15) is 20.3 Å². The maximum atomic E-state index is 3.65. The second kappa shape index (κ2) is 5.28. The molecule has 0 saturated carbocycles. The molecule has 0 aromatic carbocycles. The maximum absolute atomic E-state index is 3.65. The van der Waals surface area contributed by atoms with Gasteiger partial charge in [0.15, 0.2) is 0 Å². The quantitative estimate of drug-likeness (QED) is 0.713. The van der Waals surface area contributed by atoms with E-state index in [0.717, 1.165) is 17.9 Å². The van der Waals surface area contributed by atoms with E-state index < -0.39 is 0 Å². The number of hydrogen-bond donors (Lipinski definition) is 2. The molecule has 15 heavy (non-hydrogen) atoms. The van der Waals surface area contributed by atoms with Crippen molar-refractivity contribution in [2.24, 2.45) is 11.8 Å². The Bertz CT molecular complexity index is 187. The third-order valence-corrected chi connectivity index (χ3v) is 3.82. The van der Waals surface area contributed by atoms with Gasteiger partial charge in [0.1, 0.15) is 0 Å². The summed E-state index contributed by atoms with van der Waals surface area (Å²) in [5.74, 6) is 1.66. The number of hydrogen-bond acceptors (Lipinski definition) is 3. The number of nitrogens with one attached hydrogen (secondary N) is 2. The van der Waals surface area contributed by atoms with E-state index in [4.69, 9.17) is 0 Å². The maximum Gasteiger partial charge on any atom is 0.0131 e. The first-order valence-corrected chi connectivity index (χ1v) is 6.44. The minimum atomic E-state index is 0.750. The number of piperazine rings is 1. The van der Waals surface area contributed by atoms with E-state index in [1.807, 2.05) is 0 Å². The van der Waals surface area contributed by atoms with Gasteiger partial charge in [0, 0.05) is 38.8 Å². The van der Waals surface area contributed by atoms with Gasteiger partial charge >= 0.3 is 0 Å². The normalized spacial score (nSPS) is 33.8. The highest BCUT2D eigenvalue weighted by molar-refractivity contribution is 4.88. The van der Waals surface area contributed by atoms with Crippen LogP contribution in [-0.2, 0) is 0 Å². The van der Waals surface area contributed by atoms with Gasteiger partial charge in [-0.1, -0.05) is 13.8 Å². The molecule has 0 amide bonds. The van der Waals surface area contributed by atoms with Crippen LogP contribution in [0.2, 0.25) is 0 Å². The summed E-state index contributed by atoms with van der Waals surface area (Å²) < 4.78 is 0. The molecule has 2 rings (SSSR count). The van der Waals surface area contributed by atoms with Crippen LogP contribution in [-0.4, -0.2) is 50.2 Å². The van der Waals surface area contributed by atoms with Crippen LogP contribution in [0.25, 0.3) is 0 Å². The fraction of sp³-hybridized carbons (Fsp3) is 1.00. The van der Waals surface area contributed by atoms with E-state index in [9.17, 15) is 0 Å². The van der Waals surface area contributed by atoms with Crippen molar-refractivity contribution in [1.29, 1.82) is 0 Å².